The van der Waals surface area contributed by atoms with Gasteiger partial charge in [0.2, 0.25) is 5.82 Å². The van der Waals surface area contributed by atoms with Crippen molar-refractivity contribution in [3.63, 3.8) is 0 Å². The maximum Gasteiger partial charge on any atom is 0.490 e. The van der Waals surface area contributed by atoms with Gasteiger partial charge < -0.3 is 19.7 Å². The molecule has 0 saturated carbocycles. The molecule has 0 bridgehead atoms. The number of carboxylic acids is 1. The van der Waals surface area contributed by atoms with Gasteiger partial charge in [0, 0.05) is 48.0 Å². The zero-order valence-corrected chi connectivity index (χ0v) is 21.0. The number of rotatable bonds is 5. The molecule has 1 fully saturated rings. The minimum atomic E-state index is -5.08. The third-order valence-corrected chi connectivity index (χ3v) is 7.30. The van der Waals surface area contributed by atoms with Crippen molar-refractivity contribution in [3.8, 4) is 5.75 Å². The molecule has 198 valence electrons. The molecule has 37 heavy (non-hydrogen) atoms. The van der Waals surface area contributed by atoms with Crippen molar-refractivity contribution in [3.05, 3.63) is 57.8 Å². The Kier molecular flexibility index (Phi) is 7.83. The quantitative estimate of drug-likeness (QED) is 0.509. The summed E-state index contributed by atoms with van der Waals surface area (Å²) in [6, 6.07) is 11.7. The molecule has 3 aromatic rings. The van der Waals surface area contributed by atoms with E-state index in [1.54, 1.807) is 7.11 Å². The first kappa shape index (κ1) is 26.6. The number of methoxy groups -OCH3 is 1. The Morgan fingerprint density at radius 2 is 1.78 bits per heavy atom. The number of likely N-dealkylation sites (tertiary alicyclic amines) is 1. The molecule has 5 rings (SSSR count). The van der Waals surface area contributed by atoms with Crippen LogP contribution in [0.3, 0.4) is 0 Å². The number of nitrogens with zero attached hydrogens (tertiary/aromatic N) is 4. The van der Waals surface area contributed by atoms with E-state index in [2.05, 4.69) is 39.5 Å². The highest BCUT2D eigenvalue weighted by Gasteiger charge is 2.39. The van der Waals surface area contributed by atoms with Crippen molar-refractivity contribution in [2.24, 2.45) is 11.8 Å². The smallest absolute Gasteiger partial charge is 0.490 e. The lowest BCUT2D eigenvalue weighted by atomic mass is 9.89. The summed E-state index contributed by atoms with van der Waals surface area (Å²) in [6.45, 7) is 6.11. The third-order valence-electron chi connectivity index (χ3n) is 6.31. The van der Waals surface area contributed by atoms with Gasteiger partial charge >= 0.3 is 12.1 Å². The van der Waals surface area contributed by atoms with Gasteiger partial charge in [0.1, 0.15) is 11.6 Å². The van der Waals surface area contributed by atoms with E-state index in [0.29, 0.717) is 23.3 Å². The molecule has 9 nitrogen and oxygen atoms in total. The number of aromatic nitrogens is 3. The van der Waals surface area contributed by atoms with Crippen LogP contribution in [0.25, 0.3) is 0 Å². The normalized spacial score (nSPS) is 18.8. The molecule has 0 radical (unpaired) electrons. The van der Waals surface area contributed by atoms with Crippen LogP contribution in [0.4, 0.5) is 18.9 Å². The second-order valence-electron chi connectivity index (χ2n) is 8.97. The summed E-state index contributed by atoms with van der Waals surface area (Å²) in [5, 5.41) is 18.6. The molecular weight excluding hydrogens is 511 g/mol. The average molecular weight is 538 g/mol. The number of anilines is 1. The van der Waals surface area contributed by atoms with Crippen molar-refractivity contribution >= 4 is 28.9 Å². The standard InChI is InChI=1S/C22H25N5O2S.C2HF3O2/c1-14-3-8-19(30-14)13-26-10-15-9-20-24-25-21(27(20)12-16(15)11-26)22(28)23-17-4-6-18(29-2)7-5-17;3-2(4,5)1(6)7/h3-8,15-16H,9-13H2,1-2H3,(H,23,28);(H,6,7). The van der Waals surface area contributed by atoms with Crippen molar-refractivity contribution in [1.82, 2.24) is 19.7 Å². The van der Waals surface area contributed by atoms with Crippen LogP contribution in [0.15, 0.2) is 36.4 Å². The van der Waals surface area contributed by atoms with Crippen LogP contribution in [-0.2, 0) is 24.3 Å². The van der Waals surface area contributed by atoms with Crippen molar-refractivity contribution in [2.45, 2.75) is 32.6 Å². The van der Waals surface area contributed by atoms with E-state index in [4.69, 9.17) is 14.6 Å². The molecular formula is C24H26F3N5O4S. The number of aliphatic carboxylic acids is 1. The van der Waals surface area contributed by atoms with Gasteiger partial charge in [0.25, 0.3) is 5.91 Å². The first-order valence-corrected chi connectivity index (χ1v) is 12.3. The highest BCUT2D eigenvalue weighted by Crippen LogP contribution is 2.34. The molecule has 2 atom stereocenters. The Balaban J connectivity index is 0.000000405. The highest BCUT2D eigenvalue weighted by atomic mass is 32.1. The van der Waals surface area contributed by atoms with E-state index in [1.807, 2.05) is 40.2 Å². The van der Waals surface area contributed by atoms with Crippen LogP contribution < -0.4 is 10.1 Å². The molecule has 2 aromatic heterocycles. The summed E-state index contributed by atoms with van der Waals surface area (Å²) < 4.78 is 38.9. The number of halogens is 3. The number of hydrogen-bond acceptors (Lipinski definition) is 7. The Morgan fingerprint density at radius 1 is 1.11 bits per heavy atom. The summed E-state index contributed by atoms with van der Waals surface area (Å²) in [5.74, 6) is 0.204. The Bertz CT molecular complexity index is 1260. The third kappa shape index (κ3) is 6.46. The first-order valence-electron chi connectivity index (χ1n) is 11.5. The van der Waals surface area contributed by atoms with E-state index in [9.17, 15) is 18.0 Å². The summed E-state index contributed by atoms with van der Waals surface area (Å²) in [5.41, 5.74) is 0.713. The van der Waals surface area contributed by atoms with Gasteiger partial charge in [-0.3, -0.25) is 9.69 Å². The summed E-state index contributed by atoms with van der Waals surface area (Å²) in [6.07, 6.45) is -4.20. The second kappa shape index (κ2) is 10.9. The fourth-order valence-electron chi connectivity index (χ4n) is 4.57. The van der Waals surface area contributed by atoms with Gasteiger partial charge in [-0.15, -0.1) is 21.5 Å². The highest BCUT2D eigenvalue weighted by molar-refractivity contribution is 7.11. The first-order chi connectivity index (χ1) is 17.5. The van der Waals surface area contributed by atoms with Crippen molar-refractivity contribution in [2.75, 3.05) is 25.5 Å². The minimum absolute atomic E-state index is 0.221. The number of benzene rings is 1. The molecule has 2 aliphatic heterocycles. The summed E-state index contributed by atoms with van der Waals surface area (Å²) in [7, 11) is 1.62. The van der Waals surface area contributed by atoms with Crippen LogP contribution >= 0.6 is 11.3 Å². The van der Waals surface area contributed by atoms with Gasteiger partial charge in [-0.2, -0.15) is 13.2 Å². The topological polar surface area (TPSA) is 110 Å². The van der Waals surface area contributed by atoms with E-state index >= 15 is 0 Å². The van der Waals surface area contributed by atoms with E-state index in [1.165, 1.54) is 9.75 Å². The second-order valence-corrected chi connectivity index (χ2v) is 10.3. The molecule has 4 heterocycles. The summed E-state index contributed by atoms with van der Waals surface area (Å²) >= 11 is 1.88. The van der Waals surface area contributed by atoms with Crippen molar-refractivity contribution < 1.29 is 32.6 Å². The van der Waals surface area contributed by atoms with E-state index in [-0.39, 0.29) is 5.91 Å². The molecule has 0 spiro atoms. The lowest BCUT2D eigenvalue weighted by Gasteiger charge is -2.25. The molecule has 2 unspecified atom stereocenters. The van der Waals surface area contributed by atoms with Gasteiger partial charge in [0.15, 0.2) is 0 Å². The number of carbonyl (C=O) groups is 2. The number of fused-ring (bicyclic) bond motifs is 2. The van der Waals surface area contributed by atoms with E-state index in [0.717, 1.165) is 44.2 Å². The monoisotopic (exact) mass is 537 g/mol. The number of hydrogen-bond donors (Lipinski definition) is 2. The Hall–Kier alpha value is -3.45. The predicted molar refractivity (Wildman–Crippen MR) is 130 cm³/mol. The van der Waals surface area contributed by atoms with Crippen LogP contribution in [-0.4, -0.2) is 63.0 Å². The molecule has 0 aliphatic carbocycles. The molecule has 2 N–H and O–H groups in total. The number of carbonyl (C=O) groups excluding carboxylic acids is 1. The molecule has 1 saturated heterocycles. The Morgan fingerprint density at radius 3 is 2.38 bits per heavy atom. The fourth-order valence-corrected chi connectivity index (χ4v) is 5.50. The molecule has 2 aliphatic rings. The zero-order chi connectivity index (χ0) is 26.7. The number of amides is 1. The summed E-state index contributed by atoms with van der Waals surface area (Å²) in [4.78, 5) is 27.0. The van der Waals surface area contributed by atoms with Crippen molar-refractivity contribution in [1.29, 1.82) is 0 Å². The number of alkyl halides is 3. The number of nitrogens with one attached hydrogen (secondary N) is 1. The Labute approximate surface area is 214 Å². The number of carboxylic acid groups (broad SMARTS) is 1. The van der Waals surface area contributed by atoms with Gasteiger partial charge in [-0.25, -0.2) is 4.79 Å². The maximum atomic E-state index is 12.8. The zero-order valence-electron chi connectivity index (χ0n) is 20.2. The van der Waals surface area contributed by atoms with E-state index < -0.39 is 12.1 Å². The number of ether oxygens (including phenoxy) is 1. The maximum absolute atomic E-state index is 12.8. The van der Waals surface area contributed by atoms with Gasteiger partial charge in [-0.05, 0) is 55.2 Å². The minimum Gasteiger partial charge on any atom is -0.497 e. The molecule has 1 amide bonds. The number of thiophene rings is 1. The van der Waals surface area contributed by atoms with Crippen LogP contribution in [0.5, 0.6) is 5.75 Å². The number of aryl methyl sites for hydroxylation is 1. The van der Waals surface area contributed by atoms with Crippen LogP contribution in [0.1, 0.15) is 26.2 Å². The molecule has 13 heteroatoms. The largest absolute Gasteiger partial charge is 0.497 e. The average Bonchev–Trinajstić information content (AvgIpc) is 3.55. The molecule has 1 aromatic carbocycles. The fraction of sp³-hybridized carbons (Fsp3) is 0.417. The lowest BCUT2D eigenvalue weighted by molar-refractivity contribution is -0.192. The lowest BCUT2D eigenvalue weighted by Crippen LogP contribution is -2.31. The predicted octanol–water partition coefficient (Wildman–Crippen LogP) is 3.85. The van der Waals surface area contributed by atoms with Crippen LogP contribution in [0.2, 0.25) is 0 Å². The van der Waals surface area contributed by atoms with Crippen LogP contribution in [0, 0.1) is 18.8 Å². The van der Waals surface area contributed by atoms with Gasteiger partial charge in [-0.1, -0.05) is 0 Å². The van der Waals surface area contributed by atoms with Gasteiger partial charge in [0.05, 0.1) is 7.11 Å². The SMILES string of the molecule is COc1ccc(NC(=O)c2nnc3n2CC2CN(Cc4ccc(C)s4)CC2C3)cc1.O=C(O)C(F)(F)F.